The number of carbonyl (C=O) groups excluding carboxylic acids is 2. The van der Waals surface area contributed by atoms with Crippen molar-refractivity contribution in [3.63, 3.8) is 0 Å². The lowest BCUT2D eigenvalue weighted by atomic mass is 9.99. The van der Waals surface area contributed by atoms with Gasteiger partial charge in [0.15, 0.2) is 16.5 Å². The highest BCUT2D eigenvalue weighted by atomic mass is 32.1. The fourth-order valence-corrected chi connectivity index (χ4v) is 4.44. The zero-order valence-electron chi connectivity index (χ0n) is 16.4. The average molecular weight is 418 g/mol. The second-order valence-corrected chi connectivity index (χ2v) is 8.39. The van der Waals surface area contributed by atoms with E-state index in [1.807, 2.05) is 32.2 Å². The summed E-state index contributed by atoms with van der Waals surface area (Å²) >= 11 is 1.41. The second-order valence-electron chi connectivity index (χ2n) is 7.19. The monoisotopic (exact) mass is 418 g/mol. The molecule has 5 rings (SSSR count). The predicted octanol–water partition coefficient (Wildman–Crippen LogP) is 3.61. The summed E-state index contributed by atoms with van der Waals surface area (Å²) in [6.45, 7) is 3.84. The Kier molecular flexibility index (Phi) is 4.32. The Hall–Kier alpha value is -3.59. The van der Waals surface area contributed by atoms with E-state index >= 15 is 0 Å². The summed E-state index contributed by atoms with van der Waals surface area (Å²) < 4.78 is 1.78. The van der Waals surface area contributed by atoms with Gasteiger partial charge in [0, 0.05) is 41.1 Å². The SMILES string of the molecule is Cc1cn2ccnc(C(=O)Nc3nc(-c4ccc5c(c4)CCC(=O)N5)c(C)s3)c2n1. The Labute approximate surface area is 176 Å². The first-order chi connectivity index (χ1) is 14.5. The lowest BCUT2D eigenvalue weighted by Gasteiger charge is -2.17. The average Bonchev–Trinajstić information content (AvgIpc) is 3.28. The summed E-state index contributed by atoms with van der Waals surface area (Å²) in [6.07, 6.45) is 6.38. The van der Waals surface area contributed by atoms with Crippen molar-refractivity contribution < 1.29 is 9.59 Å². The van der Waals surface area contributed by atoms with E-state index in [2.05, 4.69) is 31.7 Å². The first-order valence-corrected chi connectivity index (χ1v) is 10.3. The Bertz CT molecular complexity index is 1320. The van der Waals surface area contributed by atoms with Crippen molar-refractivity contribution >= 4 is 39.6 Å². The van der Waals surface area contributed by atoms with Crippen molar-refractivity contribution in [3.8, 4) is 11.3 Å². The van der Waals surface area contributed by atoms with Crippen LogP contribution in [0.2, 0.25) is 0 Å². The minimum absolute atomic E-state index is 0.0429. The number of anilines is 2. The molecule has 0 saturated heterocycles. The molecule has 4 heterocycles. The molecule has 0 spiro atoms. The van der Waals surface area contributed by atoms with Crippen LogP contribution in [0.4, 0.5) is 10.8 Å². The maximum absolute atomic E-state index is 12.8. The maximum Gasteiger partial charge on any atom is 0.279 e. The molecule has 30 heavy (non-hydrogen) atoms. The van der Waals surface area contributed by atoms with Crippen LogP contribution >= 0.6 is 11.3 Å². The van der Waals surface area contributed by atoms with Crippen LogP contribution < -0.4 is 10.6 Å². The molecule has 0 unspecified atom stereocenters. The van der Waals surface area contributed by atoms with Crippen LogP contribution in [0.25, 0.3) is 16.9 Å². The third-order valence-electron chi connectivity index (χ3n) is 5.00. The number of nitrogens with one attached hydrogen (secondary N) is 2. The van der Waals surface area contributed by atoms with Gasteiger partial charge in [0.1, 0.15) is 0 Å². The number of fused-ring (bicyclic) bond motifs is 2. The Morgan fingerprint density at radius 3 is 2.97 bits per heavy atom. The molecule has 0 atom stereocenters. The van der Waals surface area contributed by atoms with Crippen molar-refractivity contribution in [3.05, 3.63) is 58.6 Å². The lowest BCUT2D eigenvalue weighted by Crippen LogP contribution is -2.18. The Morgan fingerprint density at radius 1 is 1.23 bits per heavy atom. The highest BCUT2D eigenvalue weighted by molar-refractivity contribution is 7.16. The Balaban J connectivity index is 1.43. The van der Waals surface area contributed by atoms with E-state index in [9.17, 15) is 9.59 Å². The summed E-state index contributed by atoms with van der Waals surface area (Å²) in [7, 11) is 0. The van der Waals surface area contributed by atoms with Crippen LogP contribution in [-0.2, 0) is 11.2 Å². The number of hydrogen-bond donors (Lipinski definition) is 2. The molecular formula is C21H18N6O2S. The maximum atomic E-state index is 12.8. The van der Waals surface area contributed by atoms with Crippen molar-refractivity contribution in [2.24, 2.45) is 0 Å². The summed E-state index contributed by atoms with van der Waals surface area (Å²) in [6, 6.07) is 5.90. The second kappa shape index (κ2) is 7.03. The van der Waals surface area contributed by atoms with E-state index < -0.39 is 0 Å². The number of imidazole rings is 1. The van der Waals surface area contributed by atoms with E-state index in [4.69, 9.17) is 0 Å². The van der Waals surface area contributed by atoms with Crippen molar-refractivity contribution in [1.82, 2.24) is 19.4 Å². The first-order valence-electron chi connectivity index (χ1n) is 9.50. The molecule has 3 aromatic heterocycles. The molecule has 150 valence electrons. The van der Waals surface area contributed by atoms with Gasteiger partial charge in [-0.3, -0.25) is 14.9 Å². The molecule has 1 aliphatic heterocycles. The molecule has 1 aromatic carbocycles. The molecule has 0 aliphatic carbocycles. The molecule has 2 amide bonds. The van der Waals surface area contributed by atoms with Crippen LogP contribution in [0.15, 0.2) is 36.8 Å². The molecule has 8 nitrogen and oxygen atoms in total. The number of aryl methyl sites for hydroxylation is 3. The fourth-order valence-electron chi connectivity index (χ4n) is 3.61. The first kappa shape index (κ1) is 18.4. The van der Waals surface area contributed by atoms with Crippen molar-refractivity contribution in [1.29, 1.82) is 0 Å². The molecular weight excluding hydrogens is 400 g/mol. The number of carbonyl (C=O) groups is 2. The third kappa shape index (κ3) is 3.22. The van der Waals surface area contributed by atoms with Gasteiger partial charge in [-0.1, -0.05) is 6.07 Å². The summed E-state index contributed by atoms with van der Waals surface area (Å²) in [5, 5.41) is 6.25. The van der Waals surface area contributed by atoms with E-state index in [0.717, 1.165) is 33.1 Å². The molecule has 4 aromatic rings. The van der Waals surface area contributed by atoms with Gasteiger partial charge >= 0.3 is 0 Å². The van der Waals surface area contributed by atoms with Crippen LogP contribution in [0.3, 0.4) is 0 Å². The van der Waals surface area contributed by atoms with Gasteiger partial charge in [-0.2, -0.15) is 0 Å². The molecule has 0 fully saturated rings. The molecule has 0 radical (unpaired) electrons. The minimum atomic E-state index is -0.348. The van der Waals surface area contributed by atoms with Gasteiger partial charge in [0.05, 0.1) is 11.4 Å². The number of thiazole rings is 1. The summed E-state index contributed by atoms with van der Waals surface area (Å²) in [4.78, 5) is 38.6. The fraction of sp³-hybridized carbons (Fsp3) is 0.190. The van der Waals surface area contributed by atoms with Crippen LogP contribution in [0.1, 0.15) is 33.0 Å². The summed E-state index contributed by atoms with van der Waals surface area (Å²) in [5.41, 5.74) is 5.30. The lowest BCUT2D eigenvalue weighted by molar-refractivity contribution is -0.116. The number of nitrogens with zero attached hydrogens (tertiary/aromatic N) is 4. The van der Waals surface area contributed by atoms with E-state index in [0.29, 0.717) is 23.6 Å². The Morgan fingerprint density at radius 2 is 2.10 bits per heavy atom. The number of aromatic nitrogens is 4. The highest BCUT2D eigenvalue weighted by Crippen LogP contribution is 2.34. The molecule has 0 bridgehead atoms. The van der Waals surface area contributed by atoms with Gasteiger partial charge in [-0.15, -0.1) is 11.3 Å². The van der Waals surface area contributed by atoms with Gasteiger partial charge in [0.2, 0.25) is 5.91 Å². The molecule has 1 aliphatic rings. The number of benzene rings is 1. The van der Waals surface area contributed by atoms with Gasteiger partial charge in [-0.25, -0.2) is 15.0 Å². The van der Waals surface area contributed by atoms with Gasteiger partial charge < -0.3 is 9.72 Å². The van der Waals surface area contributed by atoms with E-state index in [1.165, 1.54) is 11.3 Å². The minimum Gasteiger partial charge on any atom is -0.326 e. The van der Waals surface area contributed by atoms with Crippen molar-refractivity contribution in [2.75, 3.05) is 10.6 Å². The zero-order chi connectivity index (χ0) is 20.8. The largest absolute Gasteiger partial charge is 0.326 e. The third-order valence-corrected chi connectivity index (χ3v) is 5.89. The standard InChI is InChI=1S/C21H18N6O2S/c1-11-10-27-8-7-22-18(19(27)23-11)20(29)26-21-25-17(12(2)30-21)14-3-5-15-13(9-14)4-6-16(28)24-15/h3,5,7-10H,4,6H2,1-2H3,(H,24,28)(H,25,26,29). The predicted molar refractivity (Wildman–Crippen MR) is 115 cm³/mol. The molecule has 0 saturated carbocycles. The van der Waals surface area contributed by atoms with Gasteiger partial charge in [-0.05, 0) is 38.0 Å². The normalized spacial score (nSPS) is 13.2. The molecule has 9 heteroatoms. The van der Waals surface area contributed by atoms with E-state index in [1.54, 1.807) is 16.8 Å². The van der Waals surface area contributed by atoms with Gasteiger partial charge in [0.25, 0.3) is 5.91 Å². The quantitative estimate of drug-likeness (QED) is 0.529. The van der Waals surface area contributed by atoms with Crippen LogP contribution in [0, 0.1) is 13.8 Å². The number of hydrogen-bond acceptors (Lipinski definition) is 6. The van der Waals surface area contributed by atoms with Crippen LogP contribution in [0.5, 0.6) is 0 Å². The summed E-state index contributed by atoms with van der Waals surface area (Å²) in [5.74, 6) is -0.305. The van der Waals surface area contributed by atoms with Crippen LogP contribution in [-0.4, -0.2) is 31.2 Å². The van der Waals surface area contributed by atoms with E-state index in [-0.39, 0.29) is 17.5 Å². The smallest absolute Gasteiger partial charge is 0.279 e. The molecule has 2 N–H and O–H groups in total. The van der Waals surface area contributed by atoms with Crippen molar-refractivity contribution in [2.45, 2.75) is 26.7 Å². The zero-order valence-corrected chi connectivity index (χ0v) is 17.2. The number of amides is 2. The topological polar surface area (TPSA) is 101 Å². The highest BCUT2D eigenvalue weighted by Gasteiger charge is 2.19. The number of rotatable bonds is 3.